The largest absolute Gasteiger partial charge is 0.493 e. The minimum Gasteiger partial charge on any atom is -0.493 e. The van der Waals surface area contributed by atoms with Crippen molar-refractivity contribution in [2.45, 2.75) is 19.4 Å². The molecule has 0 radical (unpaired) electrons. The summed E-state index contributed by atoms with van der Waals surface area (Å²) in [5, 5.41) is 11.7. The van der Waals surface area contributed by atoms with E-state index in [1.165, 1.54) is 6.07 Å². The molecule has 5 heterocycles. The number of hydrogen-bond donors (Lipinski definition) is 2. The number of nitrogens with two attached hydrogens (primary N) is 1. The van der Waals surface area contributed by atoms with Crippen LogP contribution in [-0.4, -0.2) is 32.8 Å². The zero-order valence-electron chi connectivity index (χ0n) is 16.7. The minimum absolute atomic E-state index is 0.0507. The van der Waals surface area contributed by atoms with Crippen LogP contribution in [0.4, 0.5) is 15.9 Å². The predicted octanol–water partition coefficient (Wildman–Crippen LogP) is 3.30. The lowest BCUT2D eigenvalue weighted by Crippen LogP contribution is -2.13. The van der Waals surface area contributed by atoms with Crippen LogP contribution < -0.4 is 20.5 Å². The first-order valence-electron chi connectivity index (χ1n) is 10.00. The van der Waals surface area contributed by atoms with E-state index in [1.807, 2.05) is 23.5 Å². The second-order valence-corrected chi connectivity index (χ2v) is 7.80. The van der Waals surface area contributed by atoms with Gasteiger partial charge >= 0.3 is 0 Å². The smallest absolute Gasteiger partial charge is 0.170 e. The molecule has 8 nitrogen and oxygen atoms in total. The van der Waals surface area contributed by atoms with Gasteiger partial charge in [0.2, 0.25) is 0 Å². The third kappa shape index (κ3) is 2.69. The van der Waals surface area contributed by atoms with Gasteiger partial charge in [-0.25, -0.2) is 4.39 Å². The van der Waals surface area contributed by atoms with Crippen LogP contribution in [0.15, 0.2) is 36.8 Å². The van der Waals surface area contributed by atoms with Gasteiger partial charge in [0.1, 0.15) is 17.9 Å². The van der Waals surface area contributed by atoms with E-state index in [0.29, 0.717) is 47.4 Å². The Morgan fingerprint density at radius 3 is 2.87 bits per heavy atom. The van der Waals surface area contributed by atoms with Crippen LogP contribution in [-0.2, 0) is 6.54 Å². The van der Waals surface area contributed by atoms with Crippen molar-refractivity contribution in [2.75, 3.05) is 24.3 Å². The molecule has 0 unspecified atom stereocenters. The Bertz CT molecular complexity index is 1350. The summed E-state index contributed by atoms with van der Waals surface area (Å²) in [5.74, 6) is 1.68. The molecular formula is C22H19FN6O2. The van der Waals surface area contributed by atoms with Crippen molar-refractivity contribution in [1.82, 2.24) is 19.6 Å². The molecule has 156 valence electrons. The molecule has 6 rings (SSSR count). The maximum absolute atomic E-state index is 14.7. The van der Waals surface area contributed by atoms with E-state index in [-0.39, 0.29) is 18.3 Å². The van der Waals surface area contributed by atoms with Crippen molar-refractivity contribution in [2.24, 2.45) is 0 Å². The van der Waals surface area contributed by atoms with Crippen molar-refractivity contribution in [1.29, 1.82) is 0 Å². The van der Waals surface area contributed by atoms with Gasteiger partial charge < -0.3 is 20.5 Å². The van der Waals surface area contributed by atoms with Crippen LogP contribution in [0.25, 0.3) is 16.8 Å². The molecule has 3 aromatic heterocycles. The monoisotopic (exact) mass is 418 g/mol. The van der Waals surface area contributed by atoms with Gasteiger partial charge in [0.25, 0.3) is 0 Å². The third-order valence-electron chi connectivity index (χ3n) is 5.96. The maximum Gasteiger partial charge on any atom is 0.170 e. The summed E-state index contributed by atoms with van der Waals surface area (Å²) in [6.07, 6.45) is 3.37. The number of nitrogen functional groups attached to an aromatic ring is 1. The molecule has 31 heavy (non-hydrogen) atoms. The Hall–Kier alpha value is -3.88. The van der Waals surface area contributed by atoms with Crippen LogP contribution in [0, 0.1) is 12.7 Å². The highest BCUT2D eigenvalue weighted by atomic mass is 19.1. The van der Waals surface area contributed by atoms with Crippen molar-refractivity contribution < 1.29 is 13.9 Å². The van der Waals surface area contributed by atoms with E-state index in [0.717, 1.165) is 22.4 Å². The fraction of sp³-hybridized carbons (Fsp3) is 0.227. The molecule has 0 spiro atoms. The number of anilines is 2. The summed E-state index contributed by atoms with van der Waals surface area (Å²) in [6, 6.07) is 6.90. The average molecular weight is 418 g/mol. The lowest BCUT2D eigenvalue weighted by molar-refractivity contribution is 0.249. The quantitative estimate of drug-likeness (QED) is 0.489. The number of nitrogens with one attached hydrogen (secondary N) is 1. The summed E-state index contributed by atoms with van der Waals surface area (Å²) < 4.78 is 28.5. The fourth-order valence-electron chi connectivity index (χ4n) is 4.29. The molecule has 0 saturated heterocycles. The first-order chi connectivity index (χ1) is 15.1. The van der Waals surface area contributed by atoms with Crippen molar-refractivity contribution >= 4 is 17.2 Å². The second-order valence-electron chi connectivity index (χ2n) is 7.80. The van der Waals surface area contributed by atoms with Crippen LogP contribution in [0.2, 0.25) is 0 Å². The average Bonchev–Trinajstić information content (AvgIpc) is 3.41. The van der Waals surface area contributed by atoms with E-state index in [4.69, 9.17) is 15.2 Å². The summed E-state index contributed by atoms with van der Waals surface area (Å²) in [4.78, 5) is 4.38. The van der Waals surface area contributed by atoms with Crippen molar-refractivity contribution in [3.63, 3.8) is 0 Å². The molecule has 2 aliphatic rings. The molecule has 0 aliphatic carbocycles. The van der Waals surface area contributed by atoms with Gasteiger partial charge in [0.05, 0.1) is 30.5 Å². The van der Waals surface area contributed by atoms with E-state index < -0.39 is 0 Å². The lowest BCUT2D eigenvalue weighted by Gasteiger charge is -2.17. The Labute approximate surface area is 176 Å². The zero-order chi connectivity index (χ0) is 21.1. The Morgan fingerprint density at radius 2 is 2.03 bits per heavy atom. The first-order valence-corrected chi connectivity index (χ1v) is 10.00. The number of rotatable bonds is 1. The molecule has 9 heteroatoms. The number of ether oxygens (including phenoxy) is 2. The van der Waals surface area contributed by atoms with E-state index in [2.05, 4.69) is 20.5 Å². The molecule has 0 saturated carbocycles. The summed E-state index contributed by atoms with van der Waals surface area (Å²) in [6.45, 7) is 2.97. The third-order valence-corrected chi connectivity index (χ3v) is 5.96. The molecule has 0 bridgehead atoms. The SMILES string of the molecule is Cc1ncc(-c2cc3c(n4cnnc24)NCc2c(F)ccc4c2[C@H](CO4)CO3)cc1N. The second kappa shape index (κ2) is 6.56. The Morgan fingerprint density at radius 1 is 1.19 bits per heavy atom. The number of benzene rings is 1. The topological polar surface area (TPSA) is 99.6 Å². The highest BCUT2D eigenvalue weighted by Gasteiger charge is 2.31. The Kier molecular flexibility index (Phi) is 3.80. The van der Waals surface area contributed by atoms with Crippen LogP contribution >= 0.6 is 0 Å². The van der Waals surface area contributed by atoms with Crippen LogP contribution in [0.1, 0.15) is 22.7 Å². The van der Waals surface area contributed by atoms with Crippen LogP contribution in [0.5, 0.6) is 11.5 Å². The fourth-order valence-corrected chi connectivity index (χ4v) is 4.29. The summed E-state index contributed by atoms with van der Waals surface area (Å²) in [7, 11) is 0. The molecule has 2 aliphatic heterocycles. The van der Waals surface area contributed by atoms with Gasteiger partial charge in [0.15, 0.2) is 17.2 Å². The zero-order valence-corrected chi connectivity index (χ0v) is 16.7. The van der Waals surface area contributed by atoms with Crippen LogP contribution in [0.3, 0.4) is 0 Å². The molecule has 4 aromatic rings. The number of fused-ring (bicyclic) bond motifs is 3. The molecule has 0 amide bonds. The van der Waals surface area contributed by atoms with E-state index in [9.17, 15) is 4.39 Å². The van der Waals surface area contributed by atoms with Crippen molar-refractivity contribution in [3.8, 4) is 22.6 Å². The lowest BCUT2D eigenvalue weighted by atomic mass is 9.96. The normalized spacial score (nSPS) is 16.9. The van der Waals surface area contributed by atoms with Gasteiger partial charge in [0, 0.05) is 35.0 Å². The predicted molar refractivity (Wildman–Crippen MR) is 113 cm³/mol. The highest BCUT2D eigenvalue weighted by molar-refractivity contribution is 5.82. The van der Waals surface area contributed by atoms with Crippen molar-refractivity contribution in [3.05, 3.63) is 59.4 Å². The van der Waals surface area contributed by atoms with E-state index >= 15 is 0 Å². The minimum atomic E-state index is -0.261. The highest BCUT2D eigenvalue weighted by Crippen LogP contribution is 2.41. The first kappa shape index (κ1) is 17.9. The Balaban J connectivity index is 1.52. The number of pyridine rings is 2. The van der Waals surface area contributed by atoms with E-state index in [1.54, 1.807) is 18.6 Å². The molecular weight excluding hydrogens is 399 g/mol. The number of aromatic nitrogens is 4. The number of nitrogens with zero attached hydrogens (tertiary/aromatic N) is 4. The van der Waals surface area contributed by atoms with Gasteiger partial charge in [-0.2, -0.15) is 0 Å². The van der Waals surface area contributed by atoms with Gasteiger partial charge in [-0.3, -0.25) is 9.38 Å². The summed E-state index contributed by atoms with van der Waals surface area (Å²) >= 11 is 0. The number of halogens is 1. The molecule has 1 aromatic carbocycles. The number of aryl methyl sites for hydroxylation is 1. The van der Waals surface area contributed by atoms with Gasteiger partial charge in [-0.15, -0.1) is 10.2 Å². The molecule has 1 atom stereocenters. The van der Waals surface area contributed by atoms with Gasteiger partial charge in [-0.1, -0.05) is 0 Å². The standard InChI is InChI=1S/C22H19FN6O2/c1-11-17(24)4-12(6-25-11)14-5-19-22(29-10-27-28-21(14)29)26-7-15-16(23)2-3-18-20(15)13(8-30-18)9-31-19/h2-6,10,13,26H,7-9,24H2,1H3/t13-/m1/s1. The maximum atomic E-state index is 14.7. The summed E-state index contributed by atoms with van der Waals surface area (Å²) in [5.41, 5.74) is 11.1. The molecule has 0 fully saturated rings. The molecule has 3 N–H and O–H groups in total. The number of hydrogen-bond acceptors (Lipinski definition) is 7. The van der Waals surface area contributed by atoms with Gasteiger partial charge in [-0.05, 0) is 31.2 Å².